The van der Waals surface area contributed by atoms with E-state index < -0.39 is 0 Å². The van der Waals surface area contributed by atoms with Crippen LogP contribution in [0.4, 0.5) is 0 Å². The highest BCUT2D eigenvalue weighted by molar-refractivity contribution is 4.75. The standard InChI is InChI=1S/C16H33NO/c1-4-8-16(13-17-11-5-2)18-15-10-7-9-14(6-3)12-15/h14-17H,4-13H2,1-3H3. The normalized spacial score (nSPS) is 26.2. The van der Waals surface area contributed by atoms with Gasteiger partial charge in [0.1, 0.15) is 0 Å². The van der Waals surface area contributed by atoms with Crippen molar-refractivity contribution in [3.05, 3.63) is 0 Å². The second-order valence-corrected chi connectivity index (χ2v) is 5.81. The van der Waals surface area contributed by atoms with Crippen LogP contribution in [0, 0.1) is 5.92 Å². The fourth-order valence-corrected chi connectivity index (χ4v) is 2.99. The van der Waals surface area contributed by atoms with Crippen molar-refractivity contribution in [3.63, 3.8) is 0 Å². The molecule has 0 saturated heterocycles. The molecule has 3 unspecified atom stereocenters. The van der Waals surface area contributed by atoms with Gasteiger partial charge in [-0.25, -0.2) is 0 Å². The summed E-state index contributed by atoms with van der Waals surface area (Å²) >= 11 is 0. The zero-order valence-corrected chi connectivity index (χ0v) is 12.7. The van der Waals surface area contributed by atoms with Crippen LogP contribution in [0.25, 0.3) is 0 Å². The van der Waals surface area contributed by atoms with E-state index in [1.807, 2.05) is 0 Å². The van der Waals surface area contributed by atoms with Gasteiger partial charge in [0, 0.05) is 6.54 Å². The van der Waals surface area contributed by atoms with E-state index in [0.717, 1.165) is 19.0 Å². The van der Waals surface area contributed by atoms with Gasteiger partial charge in [-0.15, -0.1) is 0 Å². The molecule has 108 valence electrons. The van der Waals surface area contributed by atoms with E-state index in [-0.39, 0.29) is 0 Å². The summed E-state index contributed by atoms with van der Waals surface area (Å²) in [5.41, 5.74) is 0. The summed E-state index contributed by atoms with van der Waals surface area (Å²) in [7, 11) is 0. The van der Waals surface area contributed by atoms with Crippen molar-refractivity contribution < 1.29 is 4.74 Å². The highest BCUT2D eigenvalue weighted by atomic mass is 16.5. The molecule has 1 saturated carbocycles. The Morgan fingerprint density at radius 2 is 2.00 bits per heavy atom. The SMILES string of the molecule is CCCNCC(CCC)OC1CCCC(CC)C1. The molecule has 1 aliphatic carbocycles. The van der Waals surface area contributed by atoms with Crippen LogP contribution in [0.1, 0.15) is 72.1 Å². The van der Waals surface area contributed by atoms with E-state index in [2.05, 4.69) is 26.1 Å². The van der Waals surface area contributed by atoms with Gasteiger partial charge in [0.2, 0.25) is 0 Å². The second kappa shape index (κ2) is 9.80. The Bertz CT molecular complexity index is 196. The predicted molar refractivity (Wildman–Crippen MR) is 79.0 cm³/mol. The van der Waals surface area contributed by atoms with Gasteiger partial charge in [0.25, 0.3) is 0 Å². The Hall–Kier alpha value is -0.0800. The summed E-state index contributed by atoms with van der Waals surface area (Å²) < 4.78 is 6.35. The van der Waals surface area contributed by atoms with Gasteiger partial charge >= 0.3 is 0 Å². The molecule has 1 fully saturated rings. The summed E-state index contributed by atoms with van der Waals surface area (Å²) in [4.78, 5) is 0. The van der Waals surface area contributed by atoms with Crippen LogP contribution >= 0.6 is 0 Å². The molecular weight excluding hydrogens is 222 g/mol. The van der Waals surface area contributed by atoms with E-state index in [0.29, 0.717) is 12.2 Å². The first-order valence-electron chi connectivity index (χ1n) is 8.16. The smallest absolute Gasteiger partial charge is 0.0703 e. The number of rotatable bonds is 9. The van der Waals surface area contributed by atoms with Crippen molar-refractivity contribution in [3.8, 4) is 0 Å². The number of hydrogen-bond acceptors (Lipinski definition) is 2. The second-order valence-electron chi connectivity index (χ2n) is 5.81. The topological polar surface area (TPSA) is 21.3 Å². The molecule has 1 N–H and O–H groups in total. The lowest BCUT2D eigenvalue weighted by Crippen LogP contribution is -2.34. The molecule has 0 bridgehead atoms. The van der Waals surface area contributed by atoms with Crippen LogP contribution in [0.3, 0.4) is 0 Å². The van der Waals surface area contributed by atoms with Crippen molar-refractivity contribution in [2.24, 2.45) is 5.92 Å². The maximum atomic E-state index is 6.35. The average molecular weight is 255 g/mol. The molecule has 1 aliphatic rings. The minimum Gasteiger partial charge on any atom is -0.374 e. The average Bonchev–Trinajstić information content (AvgIpc) is 2.39. The van der Waals surface area contributed by atoms with Crippen molar-refractivity contribution in [1.82, 2.24) is 5.32 Å². The first-order chi connectivity index (χ1) is 8.80. The minimum absolute atomic E-state index is 0.433. The van der Waals surface area contributed by atoms with Crippen LogP contribution in [-0.4, -0.2) is 25.3 Å². The van der Waals surface area contributed by atoms with E-state index in [4.69, 9.17) is 4.74 Å². The first kappa shape index (κ1) is 16.0. The fraction of sp³-hybridized carbons (Fsp3) is 1.00. The quantitative estimate of drug-likeness (QED) is 0.625. The van der Waals surface area contributed by atoms with Crippen LogP contribution in [0.15, 0.2) is 0 Å². The van der Waals surface area contributed by atoms with E-state index in [1.165, 1.54) is 51.4 Å². The van der Waals surface area contributed by atoms with Crippen molar-refractivity contribution >= 4 is 0 Å². The van der Waals surface area contributed by atoms with E-state index >= 15 is 0 Å². The molecule has 0 amide bonds. The van der Waals surface area contributed by atoms with Crippen molar-refractivity contribution in [1.29, 1.82) is 0 Å². The van der Waals surface area contributed by atoms with Gasteiger partial charge in [0.05, 0.1) is 12.2 Å². The molecule has 1 rings (SSSR count). The third-order valence-corrected chi connectivity index (χ3v) is 4.11. The molecule has 0 aromatic heterocycles. The van der Waals surface area contributed by atoms with E-state index in [1.54, 1.807) is 0 Å². The molecule has 3 atom stereocenters. The van der Waals surface area contributed by atoms with Gasteiger partial charge in [0.15, 0.2) is 0 Å². The van der Waals surface area contributed by atoms with Crippen LogP contribution in [-0.2, 0) is 4.74 Å². The summed E-state index contributed by atoms with van der Waals surface area (Å²) in [5.74, 6) is 0.912. The van der Waals surface area contributed by atoms with Gasteiger partial charge in [-0.2, -0.15) is 0 Å². The maximum absolute atomic E-state index is 6.35. The lowest BCUT2D eigenvalue weighted by Gasteiger charge is -2.32. The molecule has 2 nitrogen and oxygen atoms in total. The molecule has 0 spiro atoms. The zero-order chi connectivity index (χ0) is 13.2. The third kappa shape index (κ3) is 6.19. The third-order valence-electron chi connectivity index (χ3n) is 4.11. The van der Waals surface area contributed by atoms with E-state index in [9.17, 15) is 0 Å². The van der Waals surface area contributed by atoms with Crippen LogP contribution in [0.5, 0.6) is 0 Å². The largest absolute Gasteiger partial charge is 0.374 e. The molecule has 0 aliphatic heterocycles. The summed E-state index contributed by atoms with van der Waals surface area (Å²) in [5, 5.41) is 3.51. The highest BCUT2D eigenvalue weighted by Gasteiger charge is 2.23. The Labute approximate surface area is 114 Å². The van der Waals surface area contributed by atoms with Crippen LogP contribution in [0.2, 0.25) is 0 Å². The molecule has 0 aromatic rings. The highest BCUT2D eigenvalue weighted by Crippen LogP contribution is 2.29. The fourth-order valence-electron chi connectivity index (χ4n) is 2.99. The number of nitrogens with one attached hydrogen (secondary N) is 1. The number of hydrogen-bond donors (Lipinski definition) is 1. The lowest BCUT2D eigenvalue weighted by molar-refractivity contribution is -0.0430. The molecule has 18 heavy (non-hydrogen) atoms. The Balaban J connectivity index is 2.29. The lowest BCUT2D eigenvalue weighted by atomic mass is 9.85. The molecular formula is C16H33NO. The van der Waals surface area contributed by atoms with Gasteiger partial charge in [-0.1, -0.05) is 46.5 Å². The molecule has 2 heteroatoms. The Kier molecular flexibility index (Phi) is 8.70. The van der Waals surface area contributed by atoms with Crippen LogP contribution < -0.4 is 5.32 Å². The predicted octanol–water partition coefficient (Wildman–Crippen LogP) is 4.14. The molecule has 0 radical (unpaired) electrons. The Morgan fingerprint density at radius 1 is 1.17 bits per heavy atom. The van der Waals surface area contributed by atoms with Crippen molar-refractivity contribution in [2.75, 3.05) is 13.1 Å². The van der Waals surface area contributed by atoms with Crippen molar-refractivity contribution in [2.45, 2.75) is 84.3 Å². The zero-order valence-electron chi connectivity index (χ0n) is 12.7. The monoisotopic (exact) mass is 255 g/mol. The summed E-state index contributed by atoms with van der Waals surface area (Å²) in [6.45, 7) is 8.95. The maximum Gasteiger partial charge on any atom is 0.0703 e. The van der Waals surface area contributed by atoms with Gasteiger partial charge in [-0.05, 0) is 38.1 Å². The minimum atomic E-state index is 0.433. The number of ether oxygens (including phenoxy) is 1. The summed E-state index contributed by atoms with van der Waals surface area (Å²) in [6.07, 6.45) is 11.3. The Morgan fingerprint density at radius 3 is 2.67 bits per heavy atom. The molecule has 0 heterocycles. The first-order valence-corrected chi connectivity index (χ1v) is 8.16. The van der Waals surface area contributed by atoms with Gasteiger partial charge < -0.3 is 10.1 Å². The van der Waals surface area contributed by atoms with Gasteiger partial charge in [-0.3, -0.25) is 0 Å². The molecule has 0 aromatic carbocycles. The summed E-state index contributed by atoms with van der Waals surface area (Å²) in [6, 6.07) is 0.